The van der Waals surface area contributed by atoms with Crippen LogP contribution in [0.1, 0.15) is 30.7 Å². The van der Waals surface area contributed by atoms with E-state index in [0.717, 1.165) is 35.9 Å². The number of hydrogen-bond acceptors (Lipinski definition) is 6. The van der Waals surface area contributed by atoms with Gasteiger partial charge in [0.05, 0.1) is 30.1 Å². The minimum Gasteiger partial charge on any atom is -0.486 e. The maximum Gasteiger partial charge on any atom is 0.146 e. The highest BCUT2D eigenvalue weighted by Gasteiger charge is 2.28. The first-order valence-electron chi connectivity index (χ1n) is 9.77. The van der Waals surface area contributed by atoms with Crippen LogP contribution in [0.4, 0.5) is 21.6 Å². The summed E-state index contributed by atoms with van der Waals surface area (Å²) in [6.45, 7) is 4.81. The molecule has 1 saturated carbocycles. The Hall–Kier alpha value is -3.06. The molecule has 1 N–H and O–H groups in total. The van der Waals surface area contributed by atoms with Crippen molar-refractivity contribution in [3.8, 4) is 5.75 Å². The van der Waals surface area contributed by atoms with Crippen LogP contribution in [-0.4, -0.2) is 36.0 Å². The summed E-state index contributed by atoms with van der Waals surface area (Å²) >= 11 is 0. The lowest BCUT2D eigenvalue weighted by molar-refractivity contribution is 0.141. The number of anilines is 2. The fourth-order valence-corrected chi connectivity index (χ4v) is 3.72. The van der Waals surface area contributed by atoms with Crippen LogP contribution < -0.4 is 10.1 Å². The highest BCUT2D eigenvalue weighted by Crippen LogP contribution is 2.46. The quantitative estimate of drug-likeness (QED) is 0.605. The fraction of sp³-hybridized carbons (Fsp3) is 0.318. The Bertz CT molecular complexity index is 1080. The Morgan fingerprint density at radius 3 is 2.83 bits per heavy atom. The van der Waals surface area contributed by atoms with Gasteiger partial charge in [-0.05, 0) is 55.3 Å². The molecular formula is C22H21FN4O2. The van der Waals surface area contributed by atoms with Gasteiger partial charge in [-0.25, -0.2) is 14.4 Å². The predicted molar refractivity (Wildman–Crippen MR) is 110 cm³/mol. The van der Waals surface area contributed by atoms with E-state index in [1.54, 1.807) is 6.07 Å². The average molecular weight is 392 g/mol. The Morgan fingerprint density at radius 2 is 2.07 bits per heavy atom. The molecule has 29 heavy (non-hydrogen) atoms. The summed E-state index contributed by atoms with van der Waals surface area (Å²) in [5.74, 6) is 1.25. The van der Waals surface area contributed by atoms with Gasteiger partial charge in [-0.3, -0.25) is 4.99 Å². The number of nitrogens with one attached hydrogen (secondary N) is 1. The van der Waals surface area contributed by atoms with Gasteiger partial charge in [-0.2, -0.15) is 0 Å². The van der Waals surface area contributed by atoms with Crippen LogP contribution in [0.25, 0.3) is 10.9 Å². The SMILES string of the molecule is C=Nc1cc(C2CC2)c2c(Nc3ccc(F)cc3OC3CCOC3)ncnc2c1. The van der Waals surface area contributed by atoms with Crippen molar-refractivity contribution in [3.05, 3.63) is 48.0 Å². The summed E-state index contributed by atoms with van der Waals surface area (Å²) in [6, 6.07) is 8.43. The zero-order valence-corrected chi connectivity index (χ0v) is 15.9. The van der Waals surface area contributed by atoms with Crippen molar-refractivity contribution in [3.63, 3.8) is 0 Å². The number of aromatic nitrogens is 2. The van der Waals surface area contributed by atoms with E-state index in [4.69, 9.17) is 9.47 Å². The molecule has 2 heterocycles. The monoisotopic (exact) mass is 392 g/mol. The maximum atomic E-state index is 13.9. The van der Waals surface area contributed by atoms with Gasteiger partial charge in [-0.1, -0.05) is 0 Å². The topological polar surface area (TPSA) is 68.6 Å². The molecule has 0 amide bonds. The fourth-order valence-electron chi connectivity index (χ4n) is 3.72. The van der Waals surface area contributed by atoms with Crippen molar-refractivity contribution in [2.24, 2.45) is 4.99 Å². The second kappa shape index (κ2) is 7.40. The summed E-state index contributed by atoms with van der Waals surface area (Å²) in [6.07, 6.45) is 4.49. The van der Waals surface area contributed by atoms with Crippen LogP contribution in [0, 0.1) is 5.82 Å². The van der Waals surface area contributed by atoms with Gasteiger partial charge in [-0.15, -0.1) is 0 Å². The van der Waals surface area contributed by atoms with Crippen molar-refractivity contribution < 1.29 is 13.9 Å². The number of fused-ring (bicyclic) bond motifs is 1. The summed E-state index contributed by atoms with van der Waals surface area (Å²) < 4.78 is 25.3. The van der Waals surface area contributed by atoms with Crippen molar-refractivity contribution >= 4 is 34.8 Å². The highest BCUT2D eigenvalue weighted by molar-refractivity contribution is 5.96. The van der Waals surface area contributed by atoms with Gasteiger partial charge < -0.3 is 14.8 Å². The standard InChI is InChI=1S/C22H21FN4O2/c1-24-15-9-17(13-2-3-13)21-19(10-15)25-12-26-22(21)27-18-5-4-14(23)8-20(18)29-16-6-7-28-11-16/h4-5,8-10,12-13,16H,1-3,6-7,11H2,(H,25,26,27). The Kier molecular flexibility index (Phi) is 4.60. The molecular weight excluding hydrogens is 371 g/mol. The van der Waals surface area contributed by atoms with E-state index < -0.39 is 0 Å². The third-order valence-electron chi connectivity index (χ3n) is 5.33. The lowest BCUT2D eigenvalue weighted by Crippen LogP contribution is -2.16. The van der Waals surface area contributed by atoms with E-state index in [-0.39, 0.29) is 11.9 Å². The second-order valence-corrected chi connectivity index (χ2v) is 7.45. The first-order chi connectivity index (χ1) is 14.2. The molecule has 7 heteroatoms. The van der Waals surface area contributed by atoms with Crippen LogP contribution in [0.5, 0.6) is 5.75 Å². The summed E-state index contributed by atoms with van der Waals surface area (Å²) in [5.41, 5.74) is 3.44. The predicted octanol–water partition coefficient (Wildman–Crippen LogP) is 4.89. The van der Waals surface area contributed by atoms with Crippen LogP contribution in [0.2, 0.25) is 0 Å². The number of benzene rings is 2. The van der Waals surface area contributed by atoms with Gasteiger partial charge in [0, 0.05) is 17.9 Å². The van der Waals surface area contributed by atoms with Gasteiger partial charge in [0.2, 0.25) is 0 Å². The zero-order chi connectivity index (χ0) is 19.8. The van der Waals surface area contributed by atoms with Crippen molar-refractivity contribution in [1.82, 2.24) is 9.97 Å². The maximum absolute atomic E-state index is 13.9. The highest BCUT2D eigenvalue weighted by atomic mass is 19.1. The summed E-state index contributed by atoms with van der Waals surface area (Å²) in [5, 5.41) is 4.31. The van der Waals surface area contributed by atoms with E-state index in [1.165, 1.54) is 24.0 Å². The minimum atomic E-state index is -0.350. The normalized spacial score (nSPS) is 18.7. The molecule has 1 atom stereocenters. The molecule has 1 saturated heterocycles. The van der Waals surface area contributed by atoms with Crippen LogP contribution in [0.15, 0.2) is 41.7 Å². The molecule has 0 radical (unpaired) electrons. The van der Waals surface area contributed by atoms with Gasteiger partial charge >= 0.3 is 0 Å². The van der Waals surface area contributed by atoms with Crippen LogP contribution in [0.3, 0.4) is 0 Å². The van der Waals surface area contributed by atoms with Gasteiger partial charge in [0.15, 0.2) is 0 Å². The number of hydrogen-bond donors (Lipinski definition) is 1. The number of halogens is 1. The summed E-state index contributed by atoms with van der Waals surface area (Å²) in [4.78, 5) is 13.0. The lowest BCUT2D eigenvalue weighted by Gasteiger charge is -2.18. The zero-order valence-electron chi connectivity index (χ0n) is 15.9. The smallest absolute Gasteiger partial charge is 0.146 e. The molecule has 2 aromatic carbocycles. The molecule has 1 aromatic heterocycles. The molecule has 0 bridgehead atoms. The van der Waals surface area contributed by atoms with Gasteiger partial charge in [0.1, 0.15) is 29.8 Å². The van der Waals surface area contributed by atoms with E-state index in [0.29, 0.717) is 36.4 Å². The van der Waals surface area contributed by atoms with E-state index in [1.807, 2.05) is 6.07 Å². The Labute approximate surface area is 167 Å². The lowest BCUT2D eigenvalue weighted by atomic mass is 10.0. The van der Waals surface area contributed by atoms with Gasteiger partial charge in [0.25, 0.3) is 0 Å². The molecule has 1 unspecified atom stereocenters. The first kappa shape index (κ1) is 18.0. The molecule has 6 nitrogen and oxygen atoms in total. The minimum absolute atomic E-state index is 0.0808. The Morgan fingerprint density at radius 1 is 1.17 bits per heavy atom. The largest absolute Gasteiger partial charge is 0.486 e. The molecule has 5 rings (SSSR count). The molecule has 148 valence electrons. The number of aliphatic imine (C=N–C) groups is 1. The molecule has 0 spiro atoms. The first-order valence-corrected chi connectivity index (χ1v) is 9.77. The number of nitrogens with zero attached hydrogens (tertiary/aromatic N) is 3. The van der Waals surface area contributed by atoms with Crippen LogP contribution in [-0.2, 0) is 4.74 Å². The van der Waals surface area contributed by atoms with E-state index in [2.05, 4.69) is 33.1 Å². The Balaban J connectivity index is 1.56. The van der Waals surface area contributed by atoms with Crippen molar-refractivity contribution in [2.75, 3.05) is 18.5 Å². The van der Waals surface area contributed by atoms with E-state index in [9.17, 15) is 4.39 Å². The molecule has 3 aromatic rings. The third-order valence-corrected chi connectivity index (χ3v) is 5.33. The van der Waals surface area contributed by atoms with Crippen LogP contribution >= 0.6 is 0 Å². The third kappa shape index (κ3) is 3.65. The average Bonchev–Trinajstić information content (AvgIpc) is 3.46. The molecule has 1 aliphatic carbocycles. The summed E-state index contributed by atoms with van der Waals surface area (Å²) in [7, 11) is 0. The number of ether oxygens (including phenoxy) is 2. The molecule has 1 aliphatic heterocycles. The van der Waals surface area contributed by atoms with E-state index >= 15 is 0 Å². The second-order valence-electron chi connectivity index (χ2n) is 7.45. The van der Waals surface area contributed by atoms with Crippen molar-refractivity contribution in [2.45, 2.75) is 31.3 Å². The molecule has 2 fully saturated rings. The molecule has 2 aliphatic rings. The number of rotatable bonds is 6. The van der Waals surface area contributed by atoms with Crippen molar-refractivity contribution in [1.29, 1.82) is 0 Å².